The second kappa shape index (κ2) is 8.63. The molecule has 7 heteroatoms. The maximum Gasteiger partial charge on any atom is 0.254 e. The summed E-state index contributed by atoms with van der Waals surface area (Å²) in [6.07, 6.45) is 1.82. The molecule has 1 aromatic heterocycles. The van der Waals surface area contributed by atoms with Gasteiger partial charge in [-0.2, -0.15) is 0 Å². The fourth-order valence-corrected chi connectivity index (χ4v) is 3.11. The van der Waals surface area contributed by atoms with Gasteiger partial charge in [0.25, 0.3) is 5.56 Å². The number of halogens is 1. The Morgan fingerprint density at radius 2 is 2.08 bits per heavy atom. The first-order chi connectivity index (χ1) is 11.5. The van der Waals surface area contributed by atoms with E-state index in [2.05, 4.69) is 10.3 Å². The van der Waals surface area contributed by atoms with E-state index in [-0.39, 0.29) is 17.2 Å². The van der Waals surface area contributed by atoms with Crippen LogP contribution in [0, 0.1) is 12.7 Å². The van der Waals surface area contributed by atoms with Crippen LogP contribution in [-0.4, -0.2) is 21.2 Å². The van der Waals surface area contributed by atoms with E-state index >= 15 is 0 Å². The molecule has 0 aliphatic heterocycles. The SMILES string of the molecule is Cc1cc(=O)n(C)c(SCCCCC(=O)Nc2ccccc2F)n1. The van der Waals surface area contributed by atoms with Gasteiger partial charge in [0, 0.05) is 31.0 Å². The maximum absolute atomic E-state index is 13.4. The van der Waals surface area contributed by atoms with Gasteiger partial charge in [-0.05, 0) is 31.9 Å². The lowest BCUT2D eigenvalue weighted by atomic mass is 10.2. The minimum absolute atomic E-state index is 0.0748. The van der Waals surface area contributed by atoms with Gasteiger partial charge in [-0.25, -0.2) is 9.37 Å². The Balaban J connectivity index is 1.73. The van der Waals surface area contributed by atoms with Crippen molar-refractivity contribution in [3.05, 3.63) is 52.2 Å². The standard InChI is InChI=1S/C17H20FN3O2S/c1-12-11-16(23)21(2)17(19-12)24-10-6-5-9-15(22)20-14-8-4-3-7-13(14)18/h3-4,7-8,11H,5-6,9-10H2,1-2H3,(H,20,22). The topological polar surface area (TPSA) is 64.0 Å². The van der Waals surface area contributed by atoms with Crippen LogP contribution in [0.15, 0.2) is 40.3 Å². The van der Waals surface area contributed by atoms with Crippen molar-refractivity contribution in [2.45, 2.75) is 31.3 Å². The summed E-state index contributed by atoms with van der Waals surface area (Å²) < 4.78 is 14.9. The van der Waals surface area contributed by atoms with E-state index in [1.807, 2.05) is 0 Å². The van der Waals surface area contributed by atoms with Crippen LogP contribution < -0.4 is 10.9 Å². The van der Waals surface area contributed by atoms with Gasteiger partial charge in [0.05, 0.1) is 5.69 Å². The van der Waals surface area contributed by atoms with Crippen LogP contribution in [0.2, 0.25) is 0 Å². The fraction of sp³-hybridized carbons (Fsp3) is 0.353. The third-order valence-corrected chi connectivity index (χ3v) is 4.52. The van der Waals surface area contributed by atoms with Gasteiger partial charge in [-0.1, -0.05) is 23.9 Å². The average molecular weight is 349 g/mol. The zero-order valence-corrected chi connectivity index (χ0v) is 14.5. The number of aryl methyl sites for hydroxylation is 1. The molecule has 0 saturated heterocycles. The fourth-order valence-electron chi connectivity index (χ4n) is 2.08. The summed E-state index contributed by atoms with van der Waals surface area (Å²) in [6.45, 7) is 1.79. The molecular weight excluding hydrogens is 329 g/mol. The molecular formula is C17H20FN3O2S. The lowest BCUT2D eigenvalue weighted by Gasteiger charge is -2.08. The summed E-state index contributed by atoms with van der Waals surface area (Å²) in [5.74, 6) is 0.121. The number of nitrogens with zero attached hydrogens (tertiary/aromatic N) is 2. The van der Waals surface area contributed by atoms with Gasteiger partial charge in [0.15, 0.2) is 5.16 Å². The van der Waals surface area contributed by atoms with Crippen molar-refractivity contribution < 1.29 is 9.18 Å². The molecule has 5 nitrogen and oxygen atoms in total. The average Bonchev–Trinajstić information content (AvgIpc) is 2.53. The van der Waals surface area contributed by atoms with Gasteiger partial charge in [0.1, 0.15) is 5.82 Å². The van der Waals surface area contributed by atoms with Crippen LogP contribution in [0.4, 0.5) is 10.1 Å². The third kappa shape index (κ3) is 5.19. The second-order valence-corrected chi connectivity index (χ2v) is 6.47. The highest BCUT2D eigenvalue weighted by molar-refractivity contribution is 7.99. The van der Waals surface area contributed by atoms with Gasteiger partial charge < -0.3 is 5.32 Å². The van der Waals surface area contributed by atoms with Crippen molar-refractivity contribution in [1.29, 1.82) is 0 Å². The Morgan fingerprint density at radius 3 is 2.83 bits per heavy atom. The second-order valence-electron chi connectivity index (χ2n) is 5.41. The largest absolute Gasteiger partial charge is 0.324 e. The van der Waals surface area contributed by atoms with Crippen molar-refractivity contribution in [2.75, 3.05) is 11.1 Å². The van der Waals surface area contributed by atoms with Gasteiger partial charge >= 0.3 is 0 Å². The predicted octanol–water partition coefficient (Wildman–Crippen LogP) is 3.13. The molecule has 0 atom stereocenters. The summed E-state index contributed by atoms with van der Waals surface area (Å²) >= 11 is 1.49. The highest BCUT2D eigenvalue weighted by Gasteiger charge is 2.07. The molecule has 1 heterocycles. The quantitative estimate of drug-likeness (QED) is 0.474. The molecule has 0 radical (unpaired) electrons. The summed E-state index contributed by atoms with van der Waals surface area (Å²) in [4.78, 5) is 27.8. The molecule has 2 aromatic rings. The van der Waals surface area contributed by atoms with E-state index in [9.17, 15) is 14.0 Å². The maximum atomic E-state index is 13.4. The molecule has 2 rings (SSSR count). The van der Waals surface area contributed by atoms with Crippen LogP contribution in [0.5, 0.6) is 0 Å². The number of carbonyl (C=O) groups is 1. The molecule has 24 heavy (non-hydrogen) atoms. The van der Waals surface area contributed by atoms with Crippen molar-refractivity contribution in [2.24, 2.45) is 7.05 Å². The van der Waals surface area contributed by atoms with E-state index in [1.165, 1.54) is 34.5 Å². The number of unbranched alkanes of at least 4 members (excludes halogenated alkanes) is 1. The number of carbonyl (C=O) groups excluding carboxylic acids is 1. The number of anilines is 1. The molecule has 0 aliphatic rings. The van der Waals surface area contributed by atoms with Gasteiger partial charge in [0.2, 0.25) is 5.91 Å². The van der Waals surface area contributed by atoms with Crippen molar-refractivity contribution in [3.63, 3.8) is 0 Å². The van der Waals surface area contributed by atoms with E-state index in [1.54, 1.807) is 26.1 Å². The minimum Gasteiger partial charge on any atom is -0.324 e. The number of hydrogen-bond donors (Lipinski definition) is 1. The monoisotopic (exact) mass is 349 g/mol. The van der Waals surface area contributed by atoms with Crippen LogP contribution >= 0.6 is 11.8 Å². The van der Waals surface area contributed by atoms with E-state index in [0.29, 0.717) is 23.7 Å². The zero-order chi connectivity index (χ0) is 17.5. The zero-order valence-electron chi connectivity index (χ0n) is 13.7. The summed E-state index contributed by atoms with van der Waals surface area (Å²) in [6, 6.07) is 7.60. The smallest absolute Gasteiger partial charge is 0.254 e. The minimum atomic E-state index is -0.437. The number of hydrogen-bond acceptors (Lipinski definition) is 4. The Bertz CT molecular complexity index is 777. The molecule has 1 amide bonds. The number of nitrogens with one attached hydrogen (secondary N) is 1. The highest BCUT2D eigenvalue weighted by atomic mass is 32.2. The van der Waals surface area contributed by atoms with Crippen LogP contribution in [0.1, 0.15) is 25.0 Å². The van der Waals surface area contributed by atoms with E-state index < -0.39 is 5.82 Å². The molecule has 0 saturated carbocycles. The Labute approximate surface area is 144 Å². The van der Waals surface area contributed by atoms with Gasteiger partial charge in [-0.15, -0.1) is 0 Å². The number of amides is 1. The van der Waals surface area contributed by atoms with Crippen molar-refractivity contribution in [3.8, 4) is 0 Å². The molecule has 0 bridgehead atoms. The van der Waals surface area contributed by atoms with Crippen molar-refractivity contribution in [1.82, 2.24) is 9.55 Å². The first-order valence-electron chi connectivity index (χ1n) is 7.69. The Kier molecular flexibility index (Phi) is 6.54. The Hall–Kier alpha value is -2.15. The number of thioether (sulfide) groups is 1. The molecule has 0 unspecified atom stereocenters. The lowest BCUT2D eigenvalue weighted by molar-refractivity contribution is -0.116. The number of rotatable bonds is 7. The summed E-state index contributed by atoms with van der Waals surface area (Å²) in [5, 5.41) is 3.24. The predicted molar refractivity (Wildman–Crippen MR) is 93.8 cm³/mol. The first kappa shape index (κ1) is 18.2. The molecule has 1 N–H and O–H groups in total. The Morgan fingerprint density at radius 1 is 1.33 bits per heavy atom. The molecule has 128 valence electrons. The number of para-hydroxylation sites is 1. The highest BCUT2D eigenvalue weighted by Crippen LogP contribution is 2.17. The van der Waals surface area contributed by atoms with Crippen molar-refractivity contribution >= 4 is 23.4 Å². The van der Waals surface area contributed by atoms with Crippen LogP contribution in [0.25, 0.3) is 0 Å². The van der Waals surface area contributed by atoms with Crippen LogP contribution in [0.3, 0.4) is 0 Å². The van der Waals surface area contributed by atoms with Gasteiger partial charge in [-0.3, -0.25) is 14.2 Å². The van der Waals surface area contributed by atoms with E-state index in [4.69, 9.17) is 0 Å². The molecule has 0 aliphatic carbocycles. The molecule has 0 fully saturated rings. The summed E-state index contributed by atoms with van der Waals surface area (Å²) in [7, 11) is 1.69. The first-order valence-corrected chi connectivity index (χ1v) is 8.68. The third-order valence-electron chi connectivity index (χ3n) is 3.40. The van der Waals surface area contributed by atoms with Crippen LogP contribution in [-0.2, 0) is 11.8 Å². The lowest BCUT2D eigenvalue weighted by Crippen LogP contribution is -2.19. The molecule has 1 aromatic carbocycles. The molecule has 0 spiro atoms. The normalized spacial score (nSPS) is 10.6. The summed E-state index contributed by atoms with van der Waals surface area (Å²) in [5.41, 5.74) is 0.829. The number of aromatic nitrogens is 2. The number of benzene rings is 1. The van der Waals surface area contributed by atoms with E-state index in [0.717, 1.165) is 12.2 Å².